The molecule has 0 atom stereocenters. The Hall–Kier alpha value is -1.95. The third-order valence-corrected chi connectivity index (χ3v) is 3.42. The molecule has 2 rings (SSSR count). The van der Waals surface area contributed by atoms with Crippen LogP contribution in [0.25, 0.3) is 0 Å². The van der Waals surface area contributed by atoms with Gasteiger partial charge in [0.1, 0.15) is 0 Å². The van der Waals surface area contributed by atoms with E-state index in [9.17, 15) is 14.9 Å². The number of hydrogen-bond acceptors (Lipinski definition) is 5. The molecule has 1 aliphatic rings. The van der Waals surface area contributed by atoms with Gasteiger partial charge in [-0.1, -0.05) is 0 Å². The third kappa shape index (κ3) is 3.08. The lowest BCUT2D eigenvalue weighted by molar-refractivity contribution is -0.385. The van der Waals surface area contributed by atoms with Crippen molar-refractivity contribution in [3.8, 4) is 0 Å². The summed E-state index contributed by atoms with van der Waals surface area (Å²) in [6.45, 7) is 3.77. The van der Waals surface area contributed by atoms with Gasteiger partial charge in [-0.2, -0.15) is 0 Å². The van der Waals surface area contributed by atoms with Gasteiger partial charge in [0.05, 0.1) is 10.5 Å². The molecule has 0 unspecified atom stereocenters. The monoisotopic (exact) mass is 263 g/mol. The second kappa shape index (κ2) is 5.79. The van der Waals surface area contributed by atoms with Crippen molar-refractivity contribution in [1.82, 2.24) is 4.90 Å². The van der Waals surface area contributed by atoms with E-state index >= 15 is 0 Å². The minimum Gasteiger partial charge on any atom is -0.370 e. The first kappa shape index (κ1) is 13.5. The topological polar surface area (TPSA) is 66.7 Å². The molecule has 102 valence electrons. The Bertz CT molecular complexity index is 490. The molecular weight excluding hydrogens is 246 g/mol. The molecule has 0 spiro atoms. The number of aldehydes is 1. The molecule has 1 aliphatic heterocycles. The number of nitro groups is 1. The van der Waals surface area contributed by atoms with Gasteiger partial charge in [-0.3, -0.25) is 14.9 Å². The van der Waals surface area contributed by atoms with Crippen LogP contribution in [0.1, 0.15) is 16.8 Å². The Morgan fingerprint density at radius 2 is 2.05 bits per heavy atom. The summed E-state index contributed by atoms with van der Waals surface area (Å²) in [5.74, 6) is 0. The van der Waals surface area contributed by atoms with Gasteiger partial charge in [0.2, 0.25) is 0 Å². The lowest BCUT2D eigenvalue weighted by Crippen LogP contribution is -2.28. The standard InChI is InChI=1S/C13H17N3O3/c1-14-5-2-6-15(8-7-14)12-3-4-13(16(18)19)11(9-12)10-17/h3-4,9-10H,2,5-8H2,1H3. The summed E-state index contributed by atoms with van der Waals surface area (Å²) in [6.07, 6.45) is 1.59. The first-order valence-corrected chi connectivity index (χ1v) is 6.29. The van der Waals surface area contributed by atoms with E-state index in [0.29, 0.717) is 6.29 Å². The van der Waals surface area contributed by atoms with Crippen LogP contribution in [0, 0.1) is 10.1 Å². The molecule has 0 saturated carbocycles. The number of benzene rings is 1. The van der Waals surface area contributed by atoms with Crippen LogP contribution in [0.5, 0.6) is 0 Å². The fourth-order valence-electron chi connectivity index (χ4n) is 2.30. The minimum atomic E-state index is -0.524. The summed E-state index contributed by atoms with van der Waals surface area (Å²) < 4.78 is 0. The van der Waals surface area contributed by atoms with Crippen LogP contribution in [0.4, 0.5) is 11.4 Å². The normalized spacial score (nSPS) is 17.0. The molecule has 1 saturated heterocycles. The highest BCUT2D eigenvalue weighted by molar-refractivity contribution is 5.83. The molecule has 0 bridgehead atoms. The van der Waals surface area contributed by atoms with E-state index in [1.54, 1.807) is 12.1 Å². The van der Waals surface area contributed by atoms with Crippen molar-refractivity contribution in [2.45, 2.75) is 6.42 Å². The molecule has 19 heavy (non-hydrogen) atoms. The zero-order valence-electron chi connectivity index (χ0n) is 10.9. The van der Waals surface area contributed by atoms with Gasteiger partial charge in [-0.05, 0) is 32.1 Å². The van der Waals surface area contributed by atoms with Crippen LogP contribution in [0.2, 0.25) is 0 Å². The molecule has 0 amide bonds. The van der Waals surface area contributed by atoms with Crippen molar-refractivity contribution < 1.29 is 9.72 Å². The maximum atomic E-state index is 11.0. The highest BCUT2D eigenvalue weighted by Gasteiger charge is 2.17. The van der Waals surface area contributed by atoms with Gasteiger partial charge in [0.15, 0.2) is 6.29 Å². The van der Waals surface area contributed by atoms with Crippen molar-refractivity contribution >= 4 is 17.7 Å². The van der Waals surface area contributed by atoms with Crippen LogP contribution >= 0.6 is 0 Å². The Labute approximate surface area is 111 Å². The molecule has 6 heteroatoms. The molecule has 0 aliphatic carbocycles. The maximum absolute atomic E-state index is 11.0. The van der Waals surface area contributed by atoms with E-state index in [1.807, 2.05) is 0 Å². The van der Waals surface area contributed by atoms with Gasteiger partial charge in [0.25, 0.3) is 5.69 Å². The molecule has 0 aromatic heterocycles. The molecule has 1 aromatic carbocycles. The second-order valence-corrected chi connectivity index (χ2v) is 4.76. The average Bonchev–Trinajstić information content (AvgIpc) is 2.62. The Balaban J connectivity index is 2.25. The molecule has 1 aromatic rings. The first-order chi connectivity index (χ1) is 9.11. The van der Waals surface area contributed by atoms with Crippen LogP contribution < -0.4 is 4.90 Å². The fraction of sp³-hybridized carbons (Fsp3) is 0.462. The van der Waals surface area contributed by atoms with E-state index < -0.39 is 4.92 Å². The Morgan fingerprint density at radius 3 is 2.74 bits per heavy atom. The predicted octanol–water partition coefficient (Wildman–Crippen LogP) is 1.55. The number of hydrogen-bond donors (Lipinski definition) is 0. The SMILES string of the molecule is CN1CCCN(c2ccc([N+](=O)[O-])c(C=O)c2)CC1. The van der Waals surface area contributed by atoms with Gasteiger partial charge < -0.3 is 9.80 Å². The molecule has 1 heterocycles. The number of carbonyl (C=O) groups is 1. The van der Waals surface area contributed by atoms with Crippen LogP contribution in [-0.2, 0) is 0 Å². The van der Waals surface area contributed by atoms with E-state index in [4.69, 9.17) is 0 Å². The number of anilines is 1. The van der Waals surface area contributed by atoms with Crippen molar-refractivity contribution in [3.05, 3.63) is 33.9 Å². The summed E-state index contributed by atoms with van der Waals surface area (Å²) in [6, 6.07) is 4.74. The molecule has 0 radical (unpaired) electrons. The largest absolute Gasteiger partial charge is 0.370 e. The van der Waals surface area contributed by atoms with Crippen LogP contribution in [0.3, 0.4) is 0 Å². The number of rotatable bonds is 3. The lowest BCUT2D eigenvalue weighted by atomic mass is 10.1. The summed E-state index contributed by atoms with van der Waals surface area (Å²) in [5.41, 5.74) is 0.883. The van der Waals surface area contributed by atoms with Crippen molar-refractivity contribution in [1.29, 1.82) is 0 Å². The quantitative estimate of drug-likeness (QED) is 0.470. The summed E-state index contributed by atoms with van der Waals surface area (Å²) in [7, 11) is 2.08. The van der Waals surface area contributed by atoms with E-state index in [-0.39, 0.29) is 11.3 Å². The maximum Gasteiger partial charge on any atom is 0.280 e. The number of nitrogens with zero attached hydrogens (tertiary/aromatic N) is 3. The number of likely N-dealkylation sites (N-methyl/N-ethyl adjacent to an activating group) is 1. The zero-order chi connectivity index (χ0) is 13.8. The summed E-state index contributed by atoms with van der Waals surface area (Å²) in [4.78, 5) is 25.6. The van der Waals surface area contributed by atoms with E-state index in [1.165, 1.54) is 6.07 Å². The Morgan fingerprint density at radius 1 is 1.26 bits per heavy atom. The van der Waals surface area contributed by atoms with Crippen molar-refractivity contribution in [2.24, 2.45) is 0 Å². The predicted molar refractivity (Wildman–Crippen MR) is 72.8 cm³/mol. The van der Waals surface area contributed by atoms with Gasteiger partial charge >= 0.3 is 0 Å². The number of carbonyl (C=O) groups excluding carboxylic acids is 1. The van der Waals surface area contributed by atoms with Gasteiger partial charge in [-0.15, -0.1) is 0 Å². The van der Waals surface area contributed by atoms with Gasteiger partial charge in [0, 0.05) is 31.4 Å². The van der Waals surface area contributed by atoms with E-state index in [2.05, 4.69) is 16.8 Å². The Kier molecular flexibility index (Phi) is 4.11. The van der Waals surface area contributed by atoms with Crippen LogP contribution in [-0.4, -0.2) is 49.3 Å². The lowest BCUT2D eigenvalue weighted by Gasteiger charge is -2.22. The third-order valence-electron chi connectivity index (χ3n) is 3.42. The van der Waals surface area contributed by atoms with E-state index in [0.717, 1.165) is 38.3 Å². The summed E-state index contributed by atoms with van der Waals surface area (Å²) in [5, 5.41) is 10.8. The highest BCUT2D eigenvalue weighted by Crippen LogP contribution is 2.24. The second-order valence-electron chi connectivity index (χ2n) is 4.76. The zero-order valence-corrected chi connectivity index (χ0v) is 10.9. The average molecular weight is 263 g/mol. The number of nitro benzene ring substituents is 1. The van der Waals surface area contributed by atoms with Crippen LogP contribution in [0.15, 0.2) is 18.2 Å². The smallest absolute Gasteiger partial charge is 0.280 e. The minimum absolute atomic E-state index is 0.134. The molecule has 6 nitrogen and oxygen atoms in total. The van der Waals surface area contributed by atoms with Crippen molar-refractivity contribution in [2.75, 3.05) is 38.1 Å². The molecule has 1 fully saturated rings. The molecule has 0 N–H and O–H groups in total. The fourth-order valence-corrected chi connectivity index (χ4v) is 2.30. The van der Waals surface area contributed by atoms with Crippen molar-refractivity contribution in [3.63, 3.8) is 0 Å². The summed E-state index contributed by atoms with van der Waals surface area (Å²) >= 11 is 0. The first-order valence-electron chi connectivity index (χ1n) is 6.29. The molecular formula is C13H17N3O3. The van der Waals surface area contributed by atoms with Gasteiger partial charge in [-0.25, -0.2) is 0 Å². The highest BCUT2D eigenvalue weighted by atomic mass is 16.6.